The number of morpholine rings is 1. The Morgan fingerprint density at radius 1 is 0.932 bits per heavy atom. The maximum absolute atomic E-state index is 13.2. The zero-order valence-corrected chi connectivity index (χ0v) is 25.5. The molecule has 0 bridgehead atoms. The molecule has 1 aromatic carbocycles. The summed E-state index contributed by atoms with van der Waals surface area (Å²) < 4.78 is 10.7. The predicted octanol–water partition coefficient (Wildman–Crippen LogP) is 5.22. The van der Waals surface area contributed by atoms with Gasteiger partial charge in [0, 0.05) is 38.6 Å². The number of carbonyl (C=O) groups is 3. The Hall–Kier alpha value is -4.55. The third kappa shape index (κ3) is 10.6. The van der Waals surface area contributed by atoms with E-state index in [1.807, 2.05) is 0 Å². The van der Waals surface area contributed by atoms with Crippen LogP contribution in [0.3, 0.4) is 0 Å². The fourth-order valence-corrected chi connectivity index (χ4v) is 4.53. The van der Waals surface area contributed by atoms with Crippen LogP contribution >= 0.6 is 0 Å². The topological polar surface area (TPSA) is 138 Å². The summed E-state index contributed by atoms with van der Waals surface area (Å²) in [6.45, 7) is 10.5. The van der Waals surface area contributed by atoms with E-state index < -0.39 is 17.6 Å². The number of rotatable bonds is 11. The van der Waals surface area contributed by atoms with Gasteiger partial charge in [0.15, 0.2) is 0 Å². The summed E-state index contributed by atoms with van der Waals surface area (Å²) in [6, 6.07) is 13.6. The van der Waals surface area contributed by atoms with Crippen molar-refractivity contribution in [2.45, 2.75) is 45.8 Å². The molecule has 0 radical (unpaired) electrons. The van der Waals surface area contributed by atoms with E-state index in [0.717, 1.165) is 51.3 Å². The van der Waals surface area contributed by atoms with Gasteiger partial charge in [-0.2, -0.15) is 0 Å². The maximum atomic E-state index is 13.2. The molecule has 12 nitrogen and oxygen atoms in total. The zero-order valence-electron chi connectivity index (χ0n) is 25.5. The van der Waals surface area contributed by atoms with Gasteiger partial charge in [-0.3, -0.25) is 25.0 Å². The van der Waals surface area contributed by atoms with Gasteiger partial charge >= 0.3 is 12.1 Å². The van der Waals surface area contributed by atoms with Gasteiger partial charge in [0.1, 0.15) is 11.3 Å². The van der Waals surface area contributed by atoms with E-state index in [1.54, 1.807) is 92.8 Å². The molecule has 3 N–H and O–H groups in total. The number of unbranched alkanes of at least 4 members (excludes halogenated alkanes) is 1. The van der Waals surface area contributed by atoms with Crippen molar-refractivity contribution >= 4 is 35.1 Å². The van der Waals surface area contributed by atoms with E-state index in [1.165, 1.54) is 0 Å². The molecule has 1 fully saturated rings. The van der Waals surface area contributed by atoms with Gasteiger partial charge < -0.3 is 25.0 Å². The number of ether oxygens (including phenoxy) is 2. The molecule has 3 aromatic rings. The summed E-state index contributed by atoms with van der Waals surface area (Å²) in [5.41, 5.74) is 1.73. The van der Waals surface area contributed by atoms with Gasteiger partial charge in [-0.1, -0.05) is 18.2 Å². The summed E-state index contributed by atoms with van der Waals surface area (Å²) in [5, 5.41) is 8.38. The maximum Gasteiger partial charge on any atom is 0.412 e. The van der Waals surface area contributed by atoms with Crippen molar-refractivity contribution in [3.63, 3.8) is 0 Å². The summed E-state index contributed by atoms with van der Waals surface area (Å²) in [6.07, 6.45) is 6.02. The number of hydrogen-bond donors (Lipinski definition) is 3. The minimum absolute atomic E-state index is 0.192. The first-order chi connectivity index (χ1) is 21.2. The van der Waals surface area contributed by atoms with Gasteiger partial charge in [-0.05, 0) is 76.1 Å². The van der Waals surface area contributed by atoms with Crippen molar-refractivity contribution in [2.75, 3.05) is 55.3 Å². The average molecular weight is 604 g/mol. The molecular formula is C32H41N7O5. The third-order valence-electron chi connectivity index (χ3n) is 6.70. The molecular weight excluding hydrogens is 562 g/mol. The standard InChI is InChI=1S/C32H41N7O5/c1-32(2,3)44-31(42)37-27-11-5-4-10-26(27)36-29(40)28-13-12-24(21-34-28)23-39(30(41)35-25-9-8-14-33-22-25)16-7-6-15-38-17-19-43-20-18-38/h4-5,8-14,21-22H,6-7,15-20,23H2,1-3H3,(H,35,41)(H,36,40)(H,37,42). The summed E-state index contributed by atoms with van der Waals surface area (Å²) in [7, 11) is 0. The van der Waals surface area contributed by atoms with Gasteiger partial charge in [0.2, 0.25) is 0 Å². The molecule has 12 heteroatoms. The second kappa shape index (κ2) is 15.8. The van der Waals surface area contributed by atoms with E-state index in [-0.39, 0.29) is 11.7 Å². The van der Waals surface area contributed by atoms with E-state index in [0.29, 0.717) is 30.2 Å². The highest BCUT2D eigenvalue weighted by atomic mass is 16.6. The van der Waals surface area contributed by atoms with Crippen molar-refractivity contribution in [3.8, 4) is 0 Å². The number of pyridine rings is 2. The largest absolute Gasteiger partial charge is 0.444 e. The Morgan fingerprint density at radius 2 is 1.68 bits per heavy atom. The Balaban J connectivity index is 1.37. The zero-order chi connectivity index (χ0) is 31.4. The Kier molecular flexibility index (Phi) is 11.6. The molecule has 44 heavy (non-hydrogen) atoms. The van der Waals surface area contributed by atoms with Crippen LogP contribution in [0, 0.1) is 0 Å². The number of aromatic nitrogens is 2. The van der Waals surface area contributed by atoms with Crippen LogP contribution in [0.15, 0.2) is 67.1 Å². The molecule has 234 valence electrons. The number of carbonyl (C=O) groups excluding carboxylic acids is 3. The predicted molar refractivity (Wildman–Crippen MR) is 169 cm³/mol. The SMILES string of the molecule is CC(C)(C)OC(=O)Nc1ccccc1NC(=O)c1ccc(CN(CCCCN2CCOCC2)C(=O)Nc2cccnc2)cn1. The molecule has 0 unspecified atom stereocenters. The van der Waals surface area contributed by atoms with E-state index in [2.05, 4.69) is 30.8 Å². The second-order valence-electron chi connectivity index (χ2n) is 11.4. The van der Waals surface area contributed by atoms with Crippen molar-refractivity contribution < 1.29 is 23.9 Å². The Morgan fingerprint density at radius 3 is 2.34 bits per heavy atom. The molecule has 2 aromatic heterocycles. The van der Waals surface area contributed by atoms with Crippen LogP contribution in [-0.2, 0) is 16.0 Å². The van der Waals surface area contributed by atoms with Crippen LogP contribution in [0.2, 0.25) is 0 Å². The summed E-state index contributed by atoms with van der Waals surface area (Å²) in [5.74, 6) is -0.440. The first kappa shape index (κ1) is 32.4. The molecule has 0 aliphatic carbocycles. The number of benzene rings is 1. The lowest BCUT2D eigenvalue weighted by Crippen LogP contribution is -2.38. The van der Waals surface area contributed by atoms with Crippen molar-refractivity contribution in [2.24, 2.45) is 0 Å². The summed E-state index contributed by atoms with van der Waals surface area (Å²) in [4.78, 5) is 51.0. The highest BCUT2D eigenvalue weighted by Crippen LogP contribution is 2.23. The lowest BCUT2D eigenvalue weighted by atomic mass is 10.2. The monoisotopic (exact) mass is 603 g/mol. The number of nitrogens with zero attached hydrogens (tertiary/aromatic N) is 4. The van der Waals surface area contributed by atoms with Gasteiger partial charge in [0.25, 0.3) is 5.91 Å². The first-order valence-electron chi connectivity index (χ1n) is 14.8. The third-order valence-corrected chi connectivity index (χ3v) is 6.70. The quantitative estimate of drug-likeness (QED) is 0.254. The Bertz CT molecular complexity index is 1370. The number of amides is 4. The molecule has 1 saturated heterocycles. The van der Waals surface area contributed by atoms with Gasteiger partial charge in [-0.15, -0.1) is 0 Å². The minimum Gasteiger partial charge on any atom is -0.444 e. The van der Waals surface area contributed by atoms with Crippen LogP contribution in [0.25, 0.3) is 0 Å². The molecule has 4 amide bonds. The Labute approximate surface area is 258 Å². The lowest BCUT2D eigenvalue weighted by Gasteiger charge is -2.27. The fourth-order valence-electron chi connectivity index (χ4n) is 4.53. The molecule has 1 aliphatic rings. The number of urea groups is 1. The van der Waals surface area contributed by atoms with Crippen LogP contribution in [0.1, 0.15) is 49.7 Å². The number of nitrogens with one attached hydrogen (secondary N) is 3. The molecule has 0 atom stereocenters. The molecule has 4 rings (SSSR count). The van der Waals surface area contributed by atoms with Crippen LogP contribution in [0.5, 0.6) is 0 Å². The molecule has 0 spiro atoms. The minimum atomic E-state index is -0.661. The lowest BCUT2D eigenvalue weighted by molar-refractivity contribution is 0.0370. The molecule has 1 aliphatic heterocycles. The normalized spacial score (nSPS) is 13.5. The van der Waals surface area contributed by atoms with Crippen molar-refractivity contribution in [3.05, 3.63) is 78.4 Å². The molecule has 0 saturated carbocycles. The highest BCUT2D eigenvalue weighted by molar-refractivity contribution is 6.05. The van der Waals surface area contributed by atoms with Crippen molar-refractivity contribution in [1.29, 1.82) is 0 Å². The number of hydrogen-bond acceptors (Lipinski definition) is 8. The smallest absolute Gasteiger partial charge is 0.412 e. The van der Waals surface area contributed by atoms with Gasteiger partial charge in [0.05, 0.1) is 36.5 Å². The van der Waals surface area contributed by atoms with Crippen LogP contribution < -0.4 is 16.0 Å². The van der Waals surface area contributed by atoms with E-state index in [9.17, 15) is 14.4 Å². The second-order valence-corrected chi connectivity index (χ2v) is 11.4. The van der Waals surface area contributed by atoms with Crippen molar-refractivity contribution in [1.82, 2.24) is 19.8 Å². The van der Waals surface area contributed by atoms with Crippen LogP contribution in [0.4, 0.5) is 26.7 Å². The van der Waals surface area contributed by atoms with Gasteiger partial charge in [-0.25, -0.2) is 9.59 Å². The fraction of sp³-hybridized carbons (Fsp3) is 0.406. The average Bonchev–Trinajstić information content (AvgIpc) is 3.00. The van der Waals surface area contributed by atoms with E-state index >= 15 is 0 Å². The summed E-state index contributed by atoms with van der Waals surface area (Å²) >= 11 is 0. The first-order valence-corrected chi connectivity index (χ1v) is 14.8. The highest BCUT2D eigenvalue weighted by Gasteiger charge is 2.19. The van der Waals surface area contributed by atoms with Crippen LogP contribution in [-0.4, -0.2) is 82.8 Å². The molecule has 3 heterocycles. The number of para-hydroxylation sites is 2. The van der Waals surface area contributed by atoms with E-state index in [4.69, 9.17) is 9.47 Å². The number of anilines is 3.